The smallest absolute Gasteiger partial charge is 0.216 e. The molecule has 1 aliphatic rings. The fourth-order valence-electron chi connectivity index (χ4n) is 0.859. The molecular weight excluding hydrogens is 154 g/mol. The predicted octanol–water partition coefficient (Wildman–Crippen LogP) is 1.70. The average Bonchev–Trinajstić information content (AvgIpc) is 2.21. The van der Waals surface area contributed by atoms with Crippen LogP contribution in [0.25, 0.3) is 5.76 Å². The second-order valence-electron chi connectivity index (χ2n) is 2.18. The lowest BCUT2D eigenvalue weighted by molar-refractivity contribution is 0.293. The standard InChI is InChI=1S/C9H6NO2/c1-2-8(6-10-3-1)9-7-11-4-5-12-9/h1-6H. The quantitative estimate of drug-likeness (QED) is 0.626. The van der Waals surface area contributed by atoms with Crippen LogP contribution in [-0.2, 0) is 9.47 Å². The molecule has 0 saturated carbocycles. The lowest BCUT2D eigenvalue weighted by Crippen LogP contribution is -1.92. The van der Waals surface area contributed by atoms with Crippen LogP contribution >= 0.6 is 0 Å². The van der Waals surface area contributed by atoms with Crippen molar-refractivity contribution in [3.8, 4) is 0 Å². The molecule has 1 radical (unpaired) electrons. The van der Waals surface area contributed by atoms with Gasteiger partial charge in [-0.15, -0.1) is 0 Å². The molecule has 59 valence electrons. The Morgan fingerprint density at radius 1 is 1.33 bits per heavy atom. The number of nitrogens with zero attached hydrogens (tertiary/aromatic N) is 1. The predicted molar refractivity (Wildman–Crippen MR) is 42.2 cm³/mol. The van der Waals surface area contributed by atoms with Crippen molar-refractivity contribution in [3.05, 3.63) is 48.9 Å². The molecule has 12 heavy (non-hydrogen) atoms. The lowest BCUT2D eigenvalue weighted by atomic mass is 10.2. The summed E-state index contributed by atoms with van der Waals surface area (Å²) in [4.78, 5) is 3.94. The van der Waals surface area contributed by atoms with Crippen LogP contribution in [0.2, 0.25) is 0 Å². The first-order valence-electron chi connectivity index (χ1n) is 3.47. The fourth-order valence-corrected chi connectivity index (χ4v) is 0.859. The normalized spacial score (nSPS) is 14.5. The molecule has 0 amide bonds. The summed E-state index contributed by atoms with van der Waals surface area (Å²) >= 11 is 0. The van der Waals surface area contributed by atoms with E-state index in [1.54, 1.807) is 12.4 Å². The van der Waals surface area contributed by atoms with E-state index in [0.29, 0.717) is 5.76 Å². The van der Waals surface area contributed by atoms with E-state index in [4.69, 9.17) is 9.47 Å². The number of rotatable bonds is 1. The number of aromatic nitrogens is 1. The Balaban J connectivity index is 2.26. The highest BCUT2D eigenvalue weighted by atomic mass is 16.5. The molecule has 0 atom stereocenters. The summed E-state index contributed by atoms with van der Waals surface area (Å²) in [7, 11) is 0. The molecule has 3 heteroatoms. The first kappa shape index (κ1) is 6.91. The monoisotopic (exact) mass is 160 g/mol. The van der Waals surface area contributed by atoms with E-state index in [2.05, 4.69) is 11.2 Å². The van der Waals surface area contributed by atoms with Crippen LogP contribution < -0.4 is 0 Å². The molecule has 0 N–H and O–H groups in total. The summed E-state index contributed by atoms with van der Waals surface area (Å²) in [6, 6.07) is 3.70. The molecule has 1 aromatic rings. The van der Waals surface area contributed by atoms with Gasteiger partial charge in [0, 0.05) is 18.0 Å². The molecule has 3 nitrogen and oxygen atoms in total. The zero-order valence-electron chi connectivity index (χ0n) is 6.23. The summed E-state index contributed by atoms with van der Waals surface area (Å²) < 4.78 is 9.94. The Morgan fingerprint density at radius 2 is 2.33 bits per heavy atom. The average molecular weight is 160 g/mol. The van der Waals surface area contributed by atoms with Gasteiger partial charge in [-0.3, -0.25) is 4.98 Å². The van der Waals surface area contributed by atoms with Crippen molar-refractivity contribution in [3.63, 3.8) is 0 Å². The van der Waals surface area contributed by atoms with Crippen LogP contribution in [-0.4, -0.2) is 4.98 Å². The third kappa shape index (κ3) is 1.29. The van der Waals surface area contributed by atoms with Crippen LogP contribution in [0.5, 0.6) is 0 Å². The second kappa shape index (κ2) is 3.09. The molecule has 0 unspecified atom stereocenters. The molecule has 0 aliphatic carbocycles. The number of pyridine rings is 1. The maximum absolute atomic E-state index is 5.12. The topological polar surface area (TPSA) is 31.4 Å². The highest BCUT2D eigenvalue weighted by molar-refractivity contribution is 5.56. The molecule has 0 saturated heterocycles. The zero-order chi connectivity index (χ0) is 8.23. The van der Waals surface area contributed by atoms with Gasteiger partial charge < -0.3 is 9.47 Å². The van der Waals surface area contributed by atoms with Gasteiger partial charge in [0.25, 0.3) is 0 Å². The summed E-state index contributed by atoms with van der Waals surface area (Å²) in [5, 5.41) is 0. The Morgan fingerprint density at radius 3 is 3.00 bits per heavy atom. The van der Waals surface area contributed by atoms with Crippen molar-refractivity contribution >= 4 is 5.76 Å². The lowest BCUT2D eigenvalue weighted by Gasteiger charge is -2.07. The van der Waals surface area contributed by atoms with Gasteiger partial charge in [0.05, 0.1) is 0 Å². The number of ether oxygens (including phenoxy) is 2. The molecular formula is C9H6NO2. The van der Waals surface area contributed by atoms with Crippen molar-refractivity contribution in [2.75, 3.05) is 0 Å². The number of hydrogen-bond donors (Lipinski definition) is 0. The van der Waals surface area contributed by atoms with E-state index < -0.39 is 0 Å². The highest BCUT2D eigenvalue weighted by Crippen LogP contribution is 2.16. The van der Waals surface area contributed by atoms with Gasteiger partial charge in [-0.05, 0) is 12.1 Å². The Kier molecular flexibility index (Phi) is 1.78. The van der Waals surface area contributed by atoms with Gasteiger partial charge in [0.1, 0.15) is 12.5 Å². The minimum atomic E-state index is 0.547. The molecule has 0 aromatic carbocycles. The van der Waals surface area contributed by atoms with Crippen LogP contribution in [0.15, 0.2) is 37.1 Å². The highest BCUT2D eigenvalue weighted by Gasteiger charge is 2.04. The first-order chi connectivity index (χ1) is 5.97. The van der Waals surface area contributed by atoms with E-state index in [1.807, 2.05) is 12.1 Å². The van der Waals surface area contributed by atoms with Gasteiger partial charge in [0.2, 0.25) is 6.26 Å². The third-order valence-electron chi connectivity index (χ3n) is 1.38. The Labute approximate surface area is 70.0 Å². The number of hydrogen-bond acceptors (Lipinski definition) is 3. The van der Waals surface area contributed by atoms with E-state index in [1.165, 1.54) is 12.5 Å². The van der Waals surface area contributed by atoms with Gasteiger partial charge in [-0.2, -0.15) is 0 Å². The SMILES string of the molecule is [C]1=C(c2cccnc2)OC=CO1. The van der Waals surface area contributed by atoms with Crippen molar-refractivity contribution < 1.29 is 9.47 Å². The molecule has 2 rings (SSSR count). The van der Waals surface area contributed by atoms with E-state index >= 15 is 0 Å². The maximum atomic E-state index is 5.12. The van der Waals surface area contributed by atoms with Crippen molar-refractivity contribution in [2.24, 2.45) is 0 Å². The fraction of sp³-hybridized carbons (Fsp3) is 0. The zero-order valence-corrected chi connectivity index (χ0v) is 6.23. The largest absolute Gasteiger partial charge is 0.457 e. The van der Waals surface area contributed by atoms with E-state index in [0.717, 1.165) is 5.56 Å². The Bertz CT molecular complexity index is 317. The maximum Gasteiger partial charge on any atom is 0.216 e. The van der Waals surface area contributed by atoms with Gasteiger partial charge in [0.15, 0.2) is 5.76 Å². The van der Waals surface area contributed by atoms with E-state index in [-0.39, 0.29) is 0 Å². The van der Waals surface area contributed by atoms with Crippen LogP contribution in [0.3, 0.4) is 0 Å². The molecule has 0 bridgehead atoms. The van der Waals surface area contributed by atoms with Crippen molar-refractivity contribution in [1.82, 2.24) is 4.98 Å². The second-order valence-corrected chi connectivity index (χ2v) is 2.18. The Hall–Kier alpha value is -1.77. The van der Waals surface area contributed by atoms with Crippen LogP contribution in [0.1, 0.15) is 5.56 Å². The van der Waals surface area contributed by atoms with Gasteiger partial charge in [-0.1, -0.05) is 0 Å². The van der Waals surface area contributed by atoms with Gasteiger partial charge >= 0.3 is 0 Å². The van der Waals surface area contributed by atoms with Crippen molar-refractivity contribution in [1.29, 1.82) is 0 Å². The third-order valence-corrected chi connectivity index (χ3v) is 1.38. The van der Waals surface area contributed by atoms with Crippen LogP contribution in [0, 0.1) is 6.26 Å². The summed E-state index contributed by atoms with van der Waals surface area (Å²) in [6.07, 6.45) is 8.86. The summed E-state index contributed by atoms with van der Waals surface area (Å²) in [5.41, 5.74) is 0.849. The van der Waals surface area contributed by atoms with Crippen LogP contribution in [0.4, 0.5) is 0 Å². The molecule has 1 aromatic heterocycles. The summed E-state index contributed by atoms with van der Waals surface area (Å²) in [5.74, 6) is 0.547. The van der Waals surface area contributed by atoms with Gasteiger partial charge in [-0.25, -0.2) is 0 Å². The molecule has 0 spiro atoms. The minimum Gasteiger partial charge on any atom is -0.457 e. The first-order valence-corrected chi connectivity index (χ1v) is 3.47. The molecule has 2 heterocycles. The van der Waals surface area contributed by atoms with E-state index in [9.17, 15) is 0 Å². The minimum absolute atomic E-state index is 0.547. The summed E-state index contributed by atoms with van der Waals surface area (Å²) in [6.45, 7) is 0. The van der Waals surface area contributed by atoms with Crippen molar-refractivity contribution in [2.45, 2.75) is 0 Å². The molecule has 1 aliphatic heterocycles. The molecule has 0 fully saturated rings.